The van der Waals surface area contributed by atoms with Gasteiger partial charge in [-0.15, -0.1) is 0 Å². The summed E-state index contributed by atoms with van der Waals surface area (Å²) in [6, 6.07) is 20.5. The Morgan fingerprint density at radius 3 is 2.10 bits per heavy atom. The molecule has 1 nitrogen and oxygen atoms in total. The lowest BCUT2D eigenvalue weighted by Crippen LogP contribution is -1.84. The first kappa shape index (κ1) is 13.9. The van der Waals surface area contributed by atoms with Crippen LogP contribution in [0.25, 0.3) is 0 Å². The number of hydrogen-bond acceptors (Lipinski definition) is 1. The minimum absolute atomic E-state index is 0.969. The van der Waals surface area contributed by atoms with E-state index in [0.717, 1.165) is 12.1 Å². The molecule has 2 rings (SSSR count). The van der Waals surface area contributed by atoms with Crippen molar-refractivity contribution in [2.75, 3.05) is 5.32 Å². The van der Waals surface area contributed by atoms with E-state index < -0.39 is 0 Å². The summed E-state index contributed by atoms with van der Waals surface area (Å²) < 4.78 is 0. The topological polar surface area (TPSA) is 12.0 Å². The highest BCUT2D eigenvalue weighted by Crippen LogP contribution is 2.04. The first-order valence-electron chi connectivity index (χ1n) is 6.79. The summed E-state index contributed by atoms with van der Waals surface area (Å²) in [5.74, 6) is 0. The van der Waals surface area contributed by atoms with Gasteiger partial charge in [-0.3, -0.25) is 0 Å². The molecule has 0 fully saturated rings. The number of allylic oxidation sites excluding steroid dienone is 5. The summed E-state index contributed by atoms with van der Waals surface area (Å²) >= 11 is 0. The maximum Gasteiger partial charge on any atom is 0.0379 e. The maximum atomic E-state index is 3.21. The van der Waals surface area contributed by atoms with Crippen LogP contribution in [-0.4, -0.2) is 0 Å². The summed E-state index contributed by atoms with van der Waals surface area (Å²) in [6.45, 7) is 0. The zero-order chi connectivity index (χ0) is 13.9. The molecule has 0 saturated heterocycles. The van der Waals surface area contributed by atoms with Gasteiger partial charge in [-0.25, -0.2) is 0 Å². The Hall–Kier alpha value is -2.54. The molecule has 0 amide bonds. The van der Waals surface area contributed by atoms with Gasteiger partial charge in [-0.1, -0.05) is 72.8 Å². The van der Waals surface area contributed by atoms with Crippen molar-refractivity contribution in [3.8, 4) is 0 Å². The highest BCUT2D eigenvalue weighted by atomic mass is 14.8. The molecule has 0 bridgehead atoms. The first-order valence-corrected chi connectivity index (χ1v) is 6.79. The number of hydrogen-bond donors (Lipinski definition) is 1. The molecule has 0 spiro atoms. The Balaban J connectivity index is 1.69. The van der Waals surface area contributed by atoms with Gasteiger partial charge >= 0.3 is 0 Å². The molecular weight excluding hydrogens is 242 g/mol. The van der Waals surface area contributed by atoms with Gasteiger partial charge in [0.1, 0.15) is 0 Å². The first-order chi connectivity index (χ1) is 9.95. The van der Waals surface area contributed by atoms with Gasteiger partial charge < -0.3 is 5.32 Å². The molecule has 0 radical (unpaired) electrons. The Bertz CT molecular complexity index is 512. The fourth-order valence-corrected chi connectivity index (χ4v) is 1.76. The van der Waals surface area contributed by atoms with E-state index in [2.05, 4.69) is 41.7 Å². The molecule has 1 N–H and O–H groups in total. The third kappa shape index (κ3) is 5.40. The van der Waals surface area contributed by atoms with E-state index in [9.17, 15) is 0 Å². The lowest BCUT2D eigenvalue weighted by atomic mass is 10.1. The van der Waals surface area contributed by atoms with Gasteiger partial charge in [0.15, 0.2) is 0 Å². The van der Waals surface area contributed by atoms with Crippen LogP contribution in [-0.2, 0) is 6.42 Å². The van der Waals surface area contributed by atoms with Crippen LogP contribution in [0.4, 0.5) is 5.69 Å². The molecule has 0 heterocycles. The molecule has 0 saturated carbocycles. The van der Waals surface area contributed by atoms with Gasteiger partial charge in [0.25, 0.3) is 0 Å². The van der Waals surface area contributed by atoms with Crippen molar-refractivity contribution in [2.45, 2.75) is 6.42 Å². The predicted molar refractivity (Wildman–Crippen MR) is 87.6 cm³/mol. The second-order valence-electron chi connectivity index (χ2n) is 4.37. The summed E-state index contributed by atoms with van der Waals surface area (Å²) in [7, 11) is 0. The van der Waals surface area contributed by atoms with Gasteiger partial charge in [0.2, 0.25) is 0 Å². The van der Waals surface area contributed by atoms with Crippen molar-refractivity contribution in [2.24, 2.45) is 0 Å². The highest BCUT2D eigenvalue weighted by Gasteiger charge is 1.84. The van der Waals surface area contributed by atoms with Gasteiger partial charge in [-0.05, 0) is 30.2 Å². The average molecular weight is 261 g/mol. The Morgan fingerprint density at radius 2 is 1.35 bits per heavy atom. The molecule has 0 aromatic heterocycles. The van der Waals surface area contributed by atoms with E-state index in [1.54, 1.807) is 0 Å². The van der Waals surface area contributed by atoms with E-state index in [1.807, 2.05) is 60.8 Å². The zero-order valence-electron chi connectivity index (χ0n) is 11.4. The zero-order valence-corrected chi connectivity index (χ0v) is 11.4. The third-order valence-electron chi connectivity index (χ3n) is 2.79. The molecular formula is C19H19N. The van der Waals surface area contributed by atoms with Gasteiger partial charge in [0.05, 0.1) is 0 Å². The number of anilines is 1. The SMILES string of the molecule is C(=C\C=C\Nc1ccccc1)/C=C/Cc1ccccc1. The number of nitrogens with one attached hydrogen (secondary N) is 1. The molecule has 0 aliphatic carbocycles. The number of para-hydroxylation sites is 1. The van der Waals surface area contributed by atoms with E-state index in [4.69, 9.17) is 0 Å². The Morgan fingerprint density at radius 1 is 0.700 bits per heavy atom. The fourth-order valence-electron chi connectivity index (χ4n) is 1.76. The summed E-state index contributed by atoms with van der Waals surface area (Å²) in [5.41, 5.74) is 2.43. The van der Waals surface area contributed by atoms with E-state index in [1.165, 1.54) is 5.56 Å². The number of benzene rings is 2. The molecule has 0 aliphatic rings. The van der Waals surface area contributed by atoms with Gasteiger partial charge in [0, 0.05) is 11.9 Å². The Kier molecular flexibility index (Phi) is 5.93. The van der Waals surface area contributed by atoms with Crippen molar-refractivity contribution >= 4 is 5.69 Å². The molecule has 2 aromatic rings. The molecule has 100 valence electrons. The van der Waals surface area contributed by atoms with Crippen molar-refractivity contribution in [1.29, 1.82) is 0 Å². The van der Waals surface area contributed by atoms with Crippen molar-refractivity contribution in [3.05, 3.63) is 103 Å². The molecule has 1 heteroatoms. The van der Waals surface area contributed by atoms with E-state index >= 15 is 0 Å². The third-order valence-corrected chi connectivity index (χ3v) is 2.79. The van der Waals surface area contributed by atoms with Gasteiger partial charge in [-0.2, -0.15) is 0 Å². The fraction of sp³-hybridized carbons (Fsp3) is 0.0526. The largest absolute Gasteiger partial charge is 0.362 e. The minimum Gasteiger partial charge on any atom is -0.362 e. The van der Waals surface area contributed by atoms with Crippen LogP contribution in [0.15, 0.2) is 97.2 Å². The van der Waals surface area contributed by atoms with Crippen LogP contribution < -0.4 is 5.32 Å². The summed E-state index contributed by atoms with van der Waals surface area (Å²) in [6.07, 6.45) is 13.2. The van der Waals surface area contributed by atoms with E-state index in [-0.39, 0.29) is 0 Å². The standard InChI is InChI=1S/C19H19N/c1(2-6-12-18-13-7-4-8-14-18)3-11-17-20-19-15-9-5-10-16-19/h1-11,13-17,20H,12H2/b3-1+,6-2+,17-11+. The summed E-state index contributed by atoms with van der Waals surface area (Å²) in [5, 5.41) is 3.21. The minimum atomic E-state index is 0.969. The van der Waals surface area contributed by atoms with Crippen LogP contribution in [0, 0.1) is 0 Å². The molecule has 0 aliphatic heterocycles. The normalized spacial score (nSPS) is 11.6. The summed E-state index contributed by atoms with van der Waals surface area (Å²) in [4.78, 5) is 0. The smallest absolute Gasteiger partial charge is 0.0379 e. The molecule has 2 aromatic carbocycles. The Labute approximate surface area is 121 Å². The number of rotatable bonds is 6. The van der Waals surface area contributed by atoms with E-state index in [0.29, 0.717) is 0 Å². The van der Waals surface area contributed by atoms with Crippen molar-refractivity contribution in [1.82, 2.24) is 0 Å². The predicted octanol–water partition coefficient (Wildman–Crippen LogP) is 4.97. The molecule has 0 atom stereocenters. The molecule has 0 unspecified atom stereocenters. The second-order valence-corrected chi connectivity index (χ2v) is 4.37. The lowest BCUT2D eigenvalue weighted by molar-refractivity contribution is 1.27. The average Bonchev–Trinajstić information content (AvgIpc) is 2.52. The van der Waals surface area contributed by atoms with Crippen molar-refractivity contribution in [3.63, 3.8) is 0 Å². The highest BCUT2D eigenvalue weighted by molar-refractivity contribution is 5.45. The van der Waals surface area contributed by atoms with Crippen molar-refractivity contribution < 1.29 is 0 Å². The van der Waals surface area contributed by atoms with Crippen LogP contribution in [0.2, 0.25) is 0 Å². The second kappa shape index (κ2) is 8.54. The monoisotopic (exact) mass is 261 g/mol. The van der Waals surface area contributed by atoms with Crippen LogP contribution >= 0.6 is 0 Å². The maximum absolute atomic E-state index is 3.21. The van der Waals surface area contributed by atoms with Crippen LogP contribution in [0.1, 0.15) is 5.56 Å². The quantitative estimate of drug-likeness (QED) is 0.724. The molecule has 20 heavy (non-hydrogen) atoms. The lowest BCUT2D eigenvalue weighted by Gasteiger charge is -1.97. The van der Waals surface area contributed by atoms with Crippen LogP contribution in [0.3, 0.4) is 0 Å². The van der Waals surface area contributed by atoms with Crippen LogP contribution in [0.5, 0.6) is 0 Å².